The predicted molar refractivity (Wildman–Crippen MR) is 99.9 cm³/mol. The zero-order chi connectivity index (χ0) is 17.4. The molecule has 3 N–H and O–H groups in total. The van der Waals surface area contributed by atoms with Crippen LogP contribution in [0.1, 0.15) is 25.5 Å². The molecule has 0 bridgehead atoms. The first-order valence-corrected chi connectivity index (χ1v) is 9.00. The summed E-state index contributed by atoms with van der Waals surface area (Å²) in [5.74, 6) is 0.408. The molecular weight excluding hydrogens is 437 g/mol. The molecule has 0 amide bonds. The monoisotopic (exact) mass is 453 g/mol. The maximum Gasteiger partial charge on any atom is 0.194 e. The molecule has 2 aromatic heterocycles. The van der Waals surface area contributed by atoms with Gasteiger partial charge in [-0.25, -0.2) is 15.0 Å². The van der Waals surface area contributed by atoms with E-state index >= 15 is 0 Å². The van der Waals surface area contributed by atoms with E-state index in [1.54, 1.807) is 12.4 Å². The Morgan fingerprint density at radius 1 is 1.24 bits per heavy atom. The van der Waals surface area contributed by atoms with Crippen LogP contribution in [-0.4, -0.2) is 36.3 Å². The number of phenolic OH excluding ortho intramolecular Hbond substituents is 2. The van der Waals surface area contributed by atoms with Gasteiger partial charge in [0.25, 0.3) is 0 Å². The molecule has 3 aromatic rings. The number of phenols is 2. The number of nitrogens with one attached hydrogen (secondary N) is 1. The Morgan fingerprint density at radius 3 is 2.88 bits per heavy atom. The lowest BCUT2D eigenvalue weighted by Crippen LogP contribution is -2.18. The highest BCUT2D eigenvalue weighted by Crippen LogP contribution is 2.33. The number of aromatic hydroxyl groups is 2. The lowest BCUT2D eigenvalue weighted by Gasteiger charge is -2.23. The maximum atomic E-state index is 9.99. The molecule has 1 fully saturated rings. The van der Waals surface area contributed by atoms with Gasteiger partial charge >= 0.3 is 0 Å². The molecule has 25 heavy (non-hydrogen) atoms. The van der Waals surface area contributed by atoms with Crippen molar-refractivity contribution in [3.8, 4) is 11.5 Å². The van der Waals surface area contributed by atoms with Crippen molar-refractivity contribution in [3.05, 3.63) is 28.4 Å². The highest BCUT2D eigenvalue weighted by atomic mass is 127. The summed E-state index contributed by atoms with van der Waals surface area (Å²) in [5, 5.41) is 22.5. The number of rotatable bonds is 3. The number of ether oxygens (including phenoxy) is 1. The second kappa shape index (κ2) is 6.64. The van der Waals surface area contributed by atoms with E-state index in [1.807, 2.05) is 27.2 Å². The van der Waals surface area contributed by atoms with E-state index in [0.29, 0.717) is 26.5 Å². The average molecular weight is 453 g/mol. The Kier molecular flexibility index (Phi) is 4.34. The Hall–Kier alpha value is -2.14. The van der Waals surface area contributed by atoms with Crippen LogP contribution in [0.25, 0.3) is 11.2 Å². The van der Waals surface area contributed by atoms with Crippen molar-refractivity contribution in [3.63, 3.8) is 0 Å². The van der Waals surface area contributed by atoms with Gasteiger partial charge in [0.05, 0.1) is 12.0 Å². The summed E-state index contributed by atoms with van der Waals surface area (Å²) in [6.45, 7) is 0.735. The first-order valence-electron chi connectivity index (χ1n) is 7.92. The van der Waals surface area contributed by atoms with Crippen molar-refractivity contribution in [2.75, 3.05) is 11.9 Å². The Morgan fingerprint density at radius 2 is 2.12 bits per heavy atom. The third kappa shape index (κ3) is 3.21. The van der Waals surface area contributed by atoms with Crippen LogP contribution in [0.5, 0.6) is 11.5 Å². The van der Waals surface area contributed by atoms with E-state index in [9.17, 15) is 10.2 Å². The van der Waals surface area contributed by atoms with Crippen LogP contribution < -0.4 is 5.32 Å². The lowest BCUT2D eigenvalue weighted by molar-refractivity contribution is -0.0298. The smallest absolute Gasteiger partial charge is 0.194 e. The standard InChI is InChI=1S/C16H16IN5O3/c17-16-20-14(19-10-5-4-9(23)7-11(10)24)13-15(21-16)22(8-18-13)12-3-1-2-6-25-12/h4-5,7-8,12,23-24H,1-3,6H2,(H,19,20,21). The number of aromatic nitrogens is 4. The highest BCUT2D eigenvalue weighted by molar-refractivity contribution is 14.1. The van der Waals surface area contributed by atoms with Crippen LogP contribution in [0.2, 0.25) is 0 Å². The molecule has 1 aromatic carbocycles. The number of fused-ring (bicyclic) bond motifs is 1. The zero-order valence-electron chi connectivity index (χ0n) is 13.2. The number of benzene rings is 1. The van der Waals surface area contributed by atoms with Crippen molar-refractivity contribution in [1.82, 2.24) is 19.5 Å². The molecular formula is C16H16IN5O3. The number of hydrogen-bond donors (Lipinski definition) is 3. The van der Waals surface area contributed by atoms with Gasteiger partial charge in [-0.3, -0.25) is 4.57 Å². The summed E-state index contributed by atoms with van der Waals surface area (Å²) in [7, 11) is 0. The normalized spacial score (nSPS) is 17.7. The van der Waals surface area contributed by atoms with Gasteiger partial charge in [-0.15, -0.1) is 0 Å². The quantitative estimate of drug-likeness (QED) is 0.242. The van der Waals surface area contributed by atoms with Gasteiger partial charge in [0.15, 0.2) is 20.8 Å². The summed E-state index contributed by atoms with van der Waals surface area (Å²) >= 11 is 2.05. The molecule has 0 radical (unpaired) electrons. The first-order chi connectivity index (χ1) is 12.1. The zero-order valence-corrected chi connectivity index (χ0v) is 15.3. The van der Waals surface area contributed by atoms with Gasteiger partial charge in [0, 0.05) is 35.3 Å². The Labute approximate surface area is 157 Å². The van der Waals surface area contributed by atoms with Gasteiger partial charge < -0.3 is 20.3 Å². The van der Waals surface area contributed by atoms with Crippen molar-refractivity contribution in [2.24, 2.45) is 0 Å². The summed E-state index contributed by atoms with van der Waals surface area (Å²) in [5.41, 5.74) is 1.71. The van der Waals surface area contributed by atoms with E-state index < -0.39 is 0 Å². The molecule has 1 unspecified atom stereocenters. The van der Waals surface area contributed by atoms with Gasteiger partial charge in [-0.1, -0.05) is 0 Å². The molecule has 0 saturated carbocycles. The summed E-state index contributed by atoms with van der Waals surface area (Å²) in [4.78, 5) is 13.3. The molecule has 8 nitrogen and oxygen atoms in total. The molecule has 9 heteroatoms. The highest BCUT2D eigenvalue weighted by Gasteiger charge is 2.21. The van der Waals surface area contributed by atoms with E-state index in [-0.39, 0.29) is 17.7 Å². The van der Waals surface area contributed by atoms with Gasteiger partial charge in [0.2, 0.25) is 0 Å². The molecule has 1 saturated heterocycles. The van der Waals surface area contributed by atoms with E-state index in [0.717, 1.165) is 25.9 Å². The summed E-state index contributed by atoms with van der Waals surface area (Å²) in [6.07, 6.45) is 4.75. The number of halogens is 1. The third-order valence-corrected chi connectivity index (χ3v) is 4.58. The van der Waals surface area contributed by atoms with Gasteiger partial charge in [0.1, 0.15) is 17.7 Å². The van der Waals surface area contributed by atoms with Crippen LogP contribution >= 0.6 is 22.6 Å². The minimum absolute atomic E-state index is 0.0100. The molecule has 1 aliphatic heterocycles. The van der Waals surface area contributed by atoms with Crippen LogP contribution in [0.15, 0.2) is 24.5 Å². The first kappa shape index (κ1) is 16.3. The fourth-order valence-corrected chi connectivity index (χ4v) is 3.35. The summed E-state index contributed by atoms with van der Waals surface area (Å²) in [6, 6.07) is 4.33. The van der Waals surface area contributed by atoms with Gasteiger partial charge in [-0.05, 0) is 31.4 Å². The Bertz CT molecular complexity index is 924. The molecule has 0 spiro atoms. The van der Waals surface area contributed by atoms with Crippen LogP contribution in [0.4, 0.5) is 11.5 Å². The van der Waals surface area contributed by atoms with Crippen LogP contribution in [-0.2, 0) is 4.74 Å². The van der Waals surface area contributed by atoms with Crippen LogP contribution in [0, 0.1) is 3.83 Å². The number of anilines is 2. The van der Waals surface area contributed by atoms with Crippen molar-refractivity contribution >= 4 is 45.3 Å². The lowest BCUT2D eigenvalue weighted by atomic mass is 10.2. The van der Waals surface area contributed by atoms with E-state index in [2.05, 4.69) is 20.3 Å². The minimum atomic E-state index is -0.0724. The average Bonchev–Trinajstić information content (AvgIpc) is 3.02. The van der Waals surface area contributed by atoms with E-state index in [4.69, 9.17) is 4.74 Å². The Balaban J connectivity index is 1.75. The SMILES string of the molecule is Oc1ccc(Nc2nc(I)nc3c2ncn3C2CCCCO2)c(O)c1. The van der Waals surface area contributed by atoms with E-state index in [1.165, 1.54) is 12.1 Å². The third-order valence-electron chi connectivity index (χ3n) is 4.09. The fraction of sp³-hybridized carbons (Fsp3) is 0.312. The van der Waals surface area contributed by atoms with Crippen molar-refractivity contribution < 1.29 is 14.9 Å². The summed E-state index contributed by atoms with van der Waals surface area (Å²) < 4.78 is 8.32. The van der Waals surface area contributed by atoms with Crippen molar-refractivity contribution in [1.29, 1.82) is 0 Å². The number of nitrogens with zero attached hydrogens (tertiary/aromatic N) is 4. The molecule has 1 atom stereocenters. The molecule has 3 heterocycles. The second-order valence-electron chi connectivity index (χ2n) is 5.81. The molecule has 0 aliphatic carbocycles. The number of imidazole rings is 1. The van der Waals surface area contributed by atoms with Crippen LogP contribution in [0.3, 0.4) is 0 Å². The fourth-order valence-electron chi connectivity index (χ4n) is 2.88. The number of hydrogen-bond acceptors (Lipinski definition) is 7. The molecule has 1 aliphatic rings. The maximum absolute atomic E-state index is 9.99. The molecule has 4 rings (SSSR count). The van der Waals surface area contributed by atoms with Gasteiger partial charge in [-0.2, -0.15) is 0 Å². The minimum Gasteiger partial charge on any atom is -0.508 e. The second-order valence-corrected chi connectivity index (χ2v) is 6.78. The topological polar surface area (TPSA) is 105 Å². The molecule has 130 valence electrons. The largest absolute Gasteiger partial charge is 0.508 e. The van der Waals surface area contributed by atoms with Crippen molar-refractivity contribution in [2.45, 2.75) is 25.5 Å². The predicted octanol–water partition coefficient (Wildman–Crippen LogP) is 3.28.